The van der Waals surface area contributed by atoms with Gasteiger partial charge in [-0.2, -0.15) is 0 Å². The summed E-state index contributed by atoms with van der Waals surface area (Å²) in [7, 11) is 0. The Kier molecular flexibility index (Phi) is 5.44. The second-order valence-electron chi connectivity index (χ2n) is 3.73. The average Bonchev–Trinajstić information content (AvgIpc) is 2.02. The predicted octanol–water partition coefficient (Wildman–Crippen LogP) is 2.79. The Hall–Kier alpha value is -0.790. The highest BCUT2D eigenvalue weighted by molar-refractivity contribution is 5.75. The molecule has 0 aromatic carbocycles. The van der Waals surface area contributed by atoms with E-state index in [-0.39, 0.29) is 11.9 Å². The molecule has 1 unspecified atom stereocenters. The molecule has 0 heterocycles. The fraction of sp³-hybridized carbons (Fsp3) is 0.727. The van der Waals surface area contributed by atoms with Crippen LogP contribution in [0, 0.1) is 11.8 Å². The maximum atomic E-state index is 11.3. The lowest BCUT2D eigenvalue weighted by Crippen LogP contribution is -2.17. The van der Waals surface area contributed by atoms with Crippen LogP contribution in [0.2, 0.25) is 0 Å². The van der Waals surface area contributed by atoms with Crippen LogP contribution in [0.5, 0.6) is 0 Å². The molecule has 0 radical (unpaired) electrons. The van der Waals surface area contributed by atoms with E-state index in [1.165, 1.54) is 0 Å². The summed E-state index contributed by atoms with van der Waals surface area (Å²) < 4.78 is 4.91. The van der Waals surface area contributed by atoms with Crippen molar-refractivity contribution < 1.29 is 9.53 Å². The SMILES string of the molecule is C=C(CC(C)C)C(C)C(=O)OCC. The molecule has 0 saturated heterocycles. The smallest absolute Gasteiger partial charge is 0.312 e. The van der Waals surface area contributed by atoms with E-state index in [4.69, 9.17) is 4.74 Å². The molecule has 13 heavy (non-hydrogen) atoms. The van der Waals surface area contributed by atoms with Crippen molar-refractivity contribution in [2.45, 2.75) is 34.1 Å². The highest BCUT2D eigenvalue weighted by Crippen LogP contribution is 2.18. The predicted molar refractivity (Wildman–Crippen MR) is 54.4 cm³/mol. The molecule has 2 nitrogen and oxygen atoms in total. The molecule has 0 saturated carbocycles. The van der Waals surface area contributed by atoms with Crippen molar-refractivity contribution in [2.24, 2.45) is 11.8 Å². The van der Waals surface area contributed by atoms with Crippen LogP contribution < -0.4 is 0 Å². The lowest BCUT2D eigenvalue weighted by molar-refractivity contribution is -0.146. The molecule has 0 aromatic rings. The van der Waals surface area contributed by atoms with Crippen LogP contribution in [0.3, 0.4) is 0 Å². The largest absolute Gasteiger partial charge is 0.466 e. The fourth-order valence-electron chi connectivity index (χ4n) is 1.14. The monoisotopic (exact) mass is 184 g/mol. The molecule has 0 rings (SSSR count). The number of carbonyl (C=O) groups excluding carboxylic acids is 1. The van der Waals surface area contributed by atoms with Gasteiger partial charge in [-0.05, 0) is 26.2 Å². The van der Waals surface area contributed by atoms with Crippen molar-refractivity contribution in [3.63, 3.8) is 0 Å². The minimum absolute atomic E-state index is 0.159. The fourth-order valence-corrected chi connectivity index (χ4v) is 1.14. The molecule has 0 aliphatic heterocycles. The third-order valence-electron chi connectivity index (χ3n) is 1.92. The molecule has 1 atom stereocenters. The number of carbonyl (C=O) groups is 1. The van der Waals surface area contributed by atoms with Gasteiger partial charge in [-0.25, -0.2) is 0 Å². The average molecular weight is 184 g/mol. The Morgan fingerprint density at radius 2 is 1.92 bits per heavy atom. The topological polar surface area (TPSA) is 26.3 Å². The normalized spacial score (nSPS) is 12.7. The summed E-state index contributed by atoms with van der Waals surface area (Å²) in [6, 6.07) is 0. The Morgan fingerprint density at radius 3 is 2.31 bits per heavy atom. The molecule has 0 aliphatic carbocycles. The van der Waals surface area contributed by atoms with E-state index in [1.54, 1.807) is 0 Å². The number of hydrogen-bond acceptors (Lipinski definition) is 2. The summed E-state index contributed by atoms with van der Waals surface area (Å²) in [4.78, 5) is 11.3. The van der Waals surface area contributed by atoms with E-state index < -0.39 is 0 Å². The molecular formula is C11H20O2. The summed E-state index contributed by atoms with van der Waals surface area (Å²) >= 11 is 0. The maximum Gasteiger partial charge on any atom is 0.312 e. The highest BCUT2D eigenvalue weighted by Gasteiger charge is 2.17. The Bertz CT molecular complexity index is 183. The van der Waals surface area contributed by atoms with E-state index in [0.29, 0.717) is 12.5 Å². The van der Waals surface area contributed by atoms with Gasteiger partial charge >= 0.3 is 5.97 Å². The lowest BCUT2D eigenvalue weighted by Gasteiger charge is -2.14. The first-order chi connectivity index (χ1) is 5.99. The molecule has 2 heteroatoms. The van der Waals surface area contributed by atoms with E-state index in [2.05, 4.69) is 20.4 Å². The third-order valence-corrected chi connectivity index (χ3v) is 1.92. The molecule has 0 amide bonds. The van der Waals surface area contributed by atoms with Gasteiger partial charge in [0, 0.05) is 0 Å². The maximum absolute atomic E-state index is 11.3. The van der Waals surface area contributed by atoms with Crippen LogP contribution >= 0.6 is 0 Å². The van der Waals surface area contributed by atoms with E-state index >= 15 is 0 Å². The van der Waals surface area contributed by atoms with Gasteiger partial charge in [0.1, 0.15) is 0 Å². The zero-order chi connectivity index (χ0) is 10.4. The van der Waals surface area contributed by atoms with Crippen molar-refractivity contribution >= 4 is 5.97 Å². The molecule has 0 N–H and O–H groups in total. The number of hydrogen-bond donors (Lipinski definition) is 0. The van der Waals surface area contributed by atoms with Gasteiger partial charge in [0.15, 0.2) is 0 Å². The number of ether oxygens (including phenoxy) is 1. The van der Waals surface area contributed by atoms with Crippen molar-refractivity contribution in [1.82, 2.24) is 0 Å². The van der Waals surface area contributed by atoms with Crippen LogP contribution in [0.15, 0.2) is 12.2 Å². The van der Waals surface area contributed by atoms with Gasteiger partial charge in [-0.1, -0.05) is 26.0 Å². The molecule has 0 bridgehead atoms. The Morgan fingerprint density at radius 1 is 1.38 bits per heavy atom. The lowest BCUT2D eigenvalue weighted by atomic mass is 9.94. The summed E-state index contributed by atoms with van der Waals surface area (Å²) in [5, 5.41) is 0. The summed E-state index contributed by atoms with van der Waals surface area (Å²) in [6.45, 7) is 12.2. The van der Waals surface area contributed by atoms with Gasteiger partial charge in [-0.15, -0.1) is 0 Å². The van der Waals surface area contributed by atoms with Crippen LogP contribution in [-0.4, -0.2) is 12.6 Å². The van der Waals surface area contributed by atoms with E-state index in [0.717, 1.165) is 12.0 Å². The summed E-state index contributed by atoms with van der Waals surface area (Å²) in [6.07, 6.45) is 0.889. The standard InChI is InChI=1S/C11H20O2/c1-6-13-11(12)10(5)9(4)7-8(2)3/h8,10H,4,6-7H2,1-3,5H3. The van der Waals surface area contributed by atoms with Gasteiger partial charge in [0.25, 0.3) is 0 Å². The first-order valence-corrected chi connectivity index (χ1v) is 4.83. The third kappa shape index (κ3) is 4.71. The number of rotatable bonds is 5. The minimum atomic E-state index is -0.164. The molecule has 0 spiro atoms. The van der Waals surface area contributed by atoms with Crippen LogP contribution in [-0.2, 0) is 9.53 Å². The second-order valence-corrected chi connectivity index (χ2v) is 3.73. The van der Waals surface area contributed by atoms with Crippen LogP contribution in [0.4, 0.5) is 0 Å². The second kappa shape index (κ2) is 5.79. The van der Waals surface area contributed by atoms with Crippen LogP contribution in [0.1, 0.15) is 34.1 Å². The summed E-state index contributed by atoms with van der Waals surface area (Å²) in [5.74, 6) is 0.222. The Balaban J connectivity index is 4.01. The molecule has 76 valence electrons. The highest BCUT2D eigenvalue weighted by atomic mass is 16.5. The van der Waals surface area contributed by atoms with Gasteiger partial charge in [0.05, 0.1) is 12.5 Å². The zero-order valence-corrected chi connectivity index (χ0v) is 9.09. The Labute approximate surface area is 81.0 Å². The van der Waals surface area contributed by atoms with Gasteiger partial charge in [-0.3, -0.25) is 4.79 Å². The molecular weight excluding hydrogens is 164 g/mol. The van der Waals surface area contributed by atoms with Crippen LogP contribution in [0.25, 0.3) is 0 Å². The minimum Gasteiger partial charge on any atom is -0.466 e. The first kappa shape index (κ1) is 12.2. The molecule has 0 fully saturated rings. The zero-order valence-electron chi connectivity index (χ0n) is 9.09. The quantitative estimate of drug-likeness (QED) is 0.485. The van der Waals surface area contributed by atoms with E-state index in [9.17, 15) is 4.79 Å². The van der Waals surface area contributed by atoms with Crippen molar-refractivity contribution in [1.29, 1.82) is 0 Å². The number of esters is 1. The van der Waals surface area contributed by atoms with E-state index in [1.807, 2.05) is 13.8 Å². The molecule has 0 aromatic heterocycles. The van der Waals surface area contributed by atoms with Gasteiger partial charge in [0.2, 0.25) is 0 Å². The van der Waals surface area contributed by atoms with Gasteiger partial charge < -0.3 is 4.74 Å². The molecule has 0 aliphatic rings. The summed E-state index contributed by atoms with van der Waals surface area (Å²) in [5.41, 5.74) is 0.966. The van der Waals surface area contributed by atoms with Crippen molar-refractivity contribution in [2.75, 3.05) is 6.61 Å². The van der Waals surface area contributed by atoms with Crippen molar-refractivity contribution in [3.8, 4) is 0 Å². The first-order valence-electron chi connectivity index (χ1n) is 4.83. The van der Waals surface area contributed by atoms with Crippen molar-refractivity contribution in [3.05, 3.63) is 12.2 Å².